The molecular formula is C37H40ClN3O4S. The van der Waals surface area contributed by atoms with Crippen molar-refractivity contribution in [2.45, 2.75) is 69.5 Å². The molecule has 1 N–H and O–H groups in total. The number of carbonyl (C=O) groups is 2. The Morgan fingerprint density at radius 3 is 2.13 bits per heavy atom. The fourth-order valence-corrected chi connectivity index (χ4v) is 7.55. The highest BCUT2D eigenvalue weighted by Gasteiger charge is 2.36. The number of sulfonamides is 1. The number of carbonyl (C=O) groups excluding carboxylic acids is 2. The molecule has 1 aliphatic carbocycles. The van der Waals surface area contributed by atoms with Gasteiger partial charge in [0, 0.05) is 24.0 Å². The Labute approximate surface area is 277 Å². The largest absolute Gasteiger partial charge is 0.352 e. The Hall–Kier alpha value is -4.14. The maximum absolute atomic E-state index is 14.7. The van der Waals surface area contributed by atoms with Gasteiger partial charge in [0.1, 0.15) is 12.6 Å². The van der Waals surface area contributed by atoms with Crippen molar-refractivity contribution in [3.05, 3.63) is 130 Å². The summed E-state index contributed by atoms with van der Waals surface area (Å²) in [5.74, 6) is -0.736. The lowest BCUT2D eigenvalue weighted by molar-refractivity contribution is -0.140. The van der Waals surface area contributed by atoms with Gasteiger partial charge in [-0.25, -0.2) is 8.42 Å². The van der Waals surface area contributed by atoms with Crippen LogP contribution < -0.4 is 9.62 Å². The number of nitrogens with zero attached hydrogens (tertiary/aromatic N) is 2. The Kier molecular flexibility index (Phi) is 10.8. The highest BCUT2D eigenvalue weighted by Crippen LogP contribution is 2.29. The second kappa shape index (κ2) is 15.0. The van der Waals surface area contributed by atoms with Crippen molar-refractivity contribution in [3.8, 4) is 0 Å². The van der Waals surface area contributed by atoms with Crippen LogP contribution in [0.4, 0.5) is 5.69 Å². The smallest absolute Gasteiger partial charge is 0.264 e. The van der Waals surface area contributed by atoms with Gasteiger partial charge in [-0.15, -0.1) is 0 Å². The zero-order valence-corrected chi connectivity index (χ0v) is 27.8. The molecule has 1 atom stereocenters. The van der Waals surface area contributed by atoms with Crippen molar-refractivity contribution >= 4 is 39.1 Å². The van der Waals surface area contributed by atoms with Crippen molar-refractivity contribution in [2.75, 3.05) is 10.8 Å². The molecule has 0 unspecified atom stereocenters. The van der Waals surface area contributed by atoms with Crippen molar-refractivity contribution in [2.24, 2.45) is 0 Å². The van der Waals surface area contributed by atoms with Gasteiger partial charge in [-0.05, 0) is 79.3 Å². The Balaban J connectivity index is 1.58. The Morgan fingerprint density at radius 1 is 0.848 bits per heavy atom. The van der Waals surface area contributed by atoms with Crippen LogP contribution >= 0.6 is 11.6 Å². The number of hydrogen-bond acceptors (Lipinski definition) is 4. The van der Waals surface area contributed by atoms with Crippen LogP contribution in [-0.2, 0) is 32.6 Å². The van der Waals surface area contributed by atoms with E-state index in [1.54, 1.807) is 36.4 Å². The lowest BCUT2D eigenvalue weighted by Gasteiger charge is -2.34. The van der Waals surface area contributed by atoms with E-state index in [1.807, 2.05) is 68.4 Å². The van der Waals surface area contributed by atoms with Crippen LogP contribution in [0.1, 0.15) is 47.9 Å². The van der Waals surface area contributed by atoms with Crippen LogP contribution in [0.25, 0.3) is 0 Å². The summed E-state index contributed by atoms with van der Waals surface area (Å²) < 4.78 is 29.6. The average Bonchev–Trinajstić information content (AvgIpc) is 3.57. The van der Waals surface area contributed by atoms with Crippen molar-refractivity contribution in [1.29, 1.82) is 0 Å². The summed E-state index contributed by atoms with van der Waals surface area (Å²) in [4.78, 5) is 30.4. The molecule has 46 heavy (non-hydrogen) atoms. The van der Waals surface area contributed by atoms with Crippen LogP contribution in [0.15, 0.2) is 108 Å². The van der Waals surface area contributed by atoms with Gasteiger partial charge in [0.05, 0.1) is 10.6 Å². The third-order valence-corrected chi connectivity index (χ3v) is 10.5. The Bertz CT molecular complexity index is 1740. The van der Waals surface area contributed by atoms with Gasteiger partial charge in [-0.3, -0.25) is 13.9 Å². The second-order valence-electron chi connectivity index (χ2n) is 12.0. The molecule has 0 radical (unpaired) electrons. The van der Waals surface area contributed by atoms with Gasteiger partial charge in [-0.1, -0.05) is 97.2 Å². The lowest BCUT2D eigenvalue weighted by Crippen LogP contribution is -2.54. The normalized spacial score (nSPS) is 14.1. The van der Waals surface area contributed by atoms with Crippen LogP contribution in [0.2, 0.25) is 5.02 Å². The Morgan fingerprint density at radius 2 is 1.48 bits per heavy atom. The van der Waals surface area contributed by atoms with E-state index in [4.69, 9.17) is 11.6 Å². The van der Waals surface area contributed by atoms with E-state index in [1.165, 1.54) is 21.3 Å². The highest BCUT2D eigenvalue weighted by molar-refractivity contribution is 7.92. The molecule has 1 fully saturated rings. The first-order chi connectivity index (χ1) is 22.1. The summed E-state index contributed by atoms with van der Waals surface area (Å²) in [5, 5.41) is 3.75. The zero-order chi connectivity index (χ0) is 32.7. The summed E-state index contributed by atoms with van der Waals surface area (Å²) in [6.45, 7) is 3.31. The number of hydrogen-bond donors (Lipinski definition) is 1. The fourth-order valence-electron chi connectivity index (χ4n) is 5.93. The summed E-state index contributed by atoms with van der Waals surface area (Å²) in [6.07, 6.45) is 4.15. The molecule has 0 bridgehead atoms. The molecular weight excluding hydrogens is 618 g/mol. The van der Waals surface area contributed by atoms with Gasteiger partial charge < -0.3 is 10.2 Å². The molecule has 0 heterocycles. The predicted octanol–water partition coefficient (Wildman–Crippen LogP) is 6.85. The van der Waals surface area contributed by atoms with Gasteiger partial charge in [0.2, 0.25) is 11.8 Å². The number of aryl methyl sites for hydroxylation is 2. The number of amides is 2. The lowest BCUT2D eigenvalue weighted by atomic mass is 10.0. The van der Waals surface area contributed by atoms with Crippen LogP contribution in [0.3, 0.4) is 0 Å². The van der Waals surface area contributed by atoms with Crippen LogP contribution in [0.5, 0.6) is 0 Å². The third-order valence-electron chi connectivity index (χ3n) is 8.48. The van der Waals surface area contributed by atoms with E-state index in [2.05, 4.69) is 5.32 Å². The monoisotopic (exact) mass is 657 g/mol. The minimum atomic E-state index is -4.16. The average molecular weight is 658 g/mol. The van der Waals surface area contributed by atoms with Gasteiger partial charge in [0.15, 0.2) is 0 Å². The first kappa shape index (κ1) is 33.2. The summed E-state index contributed by atoms with van der Waals surface area (Å²) in [5.41, 5.74) is 3.65. The molecule has 4 aromatic carbocycles. The van der Waals surface area contributed by atoms with Crippen LogP contribution in [0, 0.1) is 13.8 Å². The van der Waals surface area contributed by atoms with Gasteiger partial charge in [-0.2, -0.15) is 0 Å². The van der Waals surface area contributed by atoms with E-state index < -0.39 is 28.5 Å². The number of nitrogens with one attached hydrogen (secondary N) is 1. The van der Waals surface area contributed by atoms with E-state index in [0.29, 0.717) is 16.3 Å². The molecule has 0 aromatic heterocycles. The number of rotatable bonds is 12. The molecule has 0 saturated heterocycles. The first-order valence-corrected chi connectivity index (χ1v) is 17.5. The molecule has 7 nitrogen and oxygen atoms in total. The standard InChI is InChI=1S/C37H40ClN3O4S/c1-27-17-18-28(2)34(23-27)41(46(44,45)33-15-7-4-8-16-33)26-36(42)40(25-30-19-21-31(38)22-20-30)35(24-29-11-5-3-6-12-29)37(43)39-32-13-9-10-14-32/h3-8,11-12,15-23,32,35H,9-10,13-14,24-26H2,1-2H3,(H,39,43)/t35-/m1/s1. The highest BCUT2D eigenvalue weighted by atomic mass is 35.5. The van der Waals surface area contributed by atoms with Crippen LogP contribution in [-0.4, -0.2) is 43.8 Å². The van der Waals surface area contributed by atoms with E-state index in [-0.39, 0.29) is 29.8 Å². The molecule has 4 aromatic rings. The molecule has 0 aliphatic heterocycles. The first-order valence-electron chi connectivity index (χ1n) is 15.6. The zero-order valence-electron chi connectivity index (χ0n) is 26.2. The predicted molar refractivity (Wildman–Crippen MR) is 183 cm³/mol. The van der Waals surface area contributed by atoms with Crippen molar-refractivity contribution in [1.82, 2.24) is 10.2 Å². The molecule has 0 spiro atoms. The third kappa shape index (κ3) is 8.17. The fraction of sp³-hybridized carbons (Fsp3) is 0.297. The summed E-state index contributed by atoms with van der Waals surface area (Å²) >= 11 is 6.18. The molecule has 2 amide bonds. The SMILES string of the molecule is Cc1ccc(C)c(N(CC(=O)N(Cc2ccc(Cl)cc2)[C@H](Cc2ccccc2)C(=O)NC2CCCC2)S(=O)(=O)c2ccccc2)c1. The number of anilines is 1. The van der Waals surface area contributed by atoms with E-state index in [0.717, 1.165) is 42.4 Å². The minimum absolute atomic E-state index is 0.0446. The van der Waals surface area contributed by atoms with Gasteiger partial charge in [0.25, 0.3) is 10.0 Å². The molecule has 9 heteroatoms. The summed E-state index contributed by atoms with van der Waals surface area (Å²) in [7, 11) is -4.16. The molecule has 240 valence electrons. The van der Waals surface area contributed by atoms with Gasteiger partial charge >= 0.3 is 0 Å². The number of benzene rings is 4. The maximum atomic E-state index is 14.7. The maximum Gasteiger partial charge on any atom is 0.264 e. The molecule has 1 saturated carbocycles. The van der Waals surface area contributed by atoms with E-state index >= 15 is 0 Å². The quantitative estimate of drug-likeness (QED) is 0.181. The topological polar surface area (TPSA) is 86.8 Å². The van der Waals surface area contributed by atoms with Crippen molar-refractivity contribution < 1.29 is 18.0 Å². The second-order valence-corrected chi connectivity index (χ2v) is 14.3. The van der Waals surface area contributed by atoms with Crippen molar-refractivity contribution in [3.63, 3.8) is 0 Å². The number of halogens is 1. The molecule has 5 rings (SSSR count). The molecule has 1 aliphatic rings. The minimum Gasteiger partial charge on any atom is -0.352 e. The summed E-state index contributed by atoms with van der Waals surface area (Å²) in [6, 6.07) is 29.5. The van der Waals surface area contributed by atoms with E-state index in [9.17, 15) is 18.0 Å².